The van der Waals surface area contributed by atoms with Crippen LogP contribution in [0.5, 0.6) is 0 Å². The third-order valence-electron chi connectivity index (χ3n) is 1.55. The third-order valence-corrected chi connectivity index (χ3v) is 4.23. The summed E-state index contributed by atoms with van der Waals surface area (Å²) in [7, 11) is -7.45. The Morgan fingerprint density at radius 2 is 1.53 bits per heavy atom. The zero-order valence-electron chi connectivity index (χ0n) is 7.15. The molecule has 0 spiro atoms. The average molecular weight is 270 g/mol. The van der Waals surface area contributed by atoms with Crippen molar-refractivity contribution in [2.45, 2.75) is 9.79 Å². The molecule has 0 amide bonds. The third kappa shape index (κ3) is 2.73. The van der Waals surface area contributed by atoms with Gasteiger partial charge in [0.1, 0.15) is 9.79 Å². The zero-order valence-corrected chi connectivity index (χ0v) is 9.94. The predicted octanol–water partition coefficient (Wildman–Crippen LogP) is -0.320. The van der Waals surface area contributed by atoms with Gasteiger partial charge in [0.05, 0.1) is 0 Å². The summed E-state index contributed by atoms with van der Waals surface area (Å²) in [6.45, 7) is 0. The molecule has 0 saturated carbocycles. The molecule has 1 aromatic rings. The fourth-order valence-electron chi connectivity index (χ4n) is 1.01. The van der Waals surface area contributed by atoms with Crippen molar-refractivity contribution in [2.75, 3.05) is 0 Å². The predicted molar refractivity (Wildman–Crippen MR) is 55.4 cm³/mol. The van der Waals surface area contributed by atoms with Crippen molar-refractivity contribution in [3.05, 3.63) is 18.2 Å². The van der Waals surface area contributed by atoms with E-state index in [1.54, 1.807) is 0 Å². The summed E-state index contributed by atoms with van der Waals surface area (Å²) in [6, 6.07) is 3.38. The summed E-state index contributed by atoms with van der Waals surface area (Å²) in [5, 5.41) is -0.0485. The summed E-state index contributed by atoms with van der Waals surface area (Å²) < 4.78 is 61.0. The molecule has 0 bridgehead atoms. The van der Waals surface area contributed by atoms with E-state index in [1.807, 2.05) is 9.24 Å². The first-order valence-electron chi connectivity index (χ1n) is 3.47. The quantitative estimate of drug-likeness (QED) is 0.563. The summed E-state index contributed by atoms with van der Waals surface area (Å²) >= 11 is 0. The highest BCUT2D eigenvalue weighted by Crippen LogP contribution is 2.19. The molecule has 84 valence electrons. The van der Waals surface area contributed by atoms with E-state index in [4.69, 9.17) is 9.11 Å². The minimum atomic E-state index is -4.71. The molecular weight excluding hydrogens is 263 g/mol. The maximum atomic E-state index is 10.9. The molecule has 1 rings (SSSR count). The van der Waals surface area contributed by atoms with Crippen molar-refractivity contribution in [2.24, 2.45) is 0 Å². The van der Waals surface area contributed by atoms with Crippen LogP contribution in [0.25, 0.3) is 0 Å². The van der Waals surface area contributed by atoms with Crippen molar-refractivity contribution in [1.29, 1.82) is 0 Å². The van der Waals surface area contributed by atoms with Crippen molar-refractivity contribution in [3.63, 3.8) is 0 Å². The molecule has 1 unspecified atom stereocenters. The Bertz CT molecular complexity index is 588. The Morgan fingerprint density at radius 1 is 1.00 bits per heavy atom. The standard InChI is InChI=1S/C6H7O6PS2/c7-14(8,9)5-3-1-2-4(13)6(5)15(10,11)12/h1-3H,13H2,(H,7,8,9)(H,10,11,12). The van der Waals surface area contributed by atoms with Gasteiger partial charge in [-0.25, -0.2) is 0 Å². The lowest BCUT2D eigenvalue weighted by atomic mass is 10.4. The van der Waals surface area contributed by atoms with Crippen LogP contribution in [-0.4, -0.2) is 25.9 Å². The monoisotopic (exact) mass is 270 g/mol. The van der Waals surface area contributed by atoms with Gasteiger partial charge in [0.25, 0.3) is 20.2 Å². The van der Waals surface area contributed by atoms with Crippen LogP contribution in [0.1, 0.15) is 0 Å². The maximum absolute atomic E-state index is 10.9. The van der Waals surface area contributed by atoms with Gasteiger partial charge in [0, 0.05) is 0 Å². The Balaban J connectivity index is 3.79. The van der Waals surface area contributed by atoms with Crippen molar-refractivity contribution >= 4 is 34.8 Å². The van der Waals surface area contributed by atoms with E-state index < -0.39 is 30.0 Å². The second-order valence-electron chi connectivity index (χ2n) is 2.62. The number of hydrogen-bond acceptors (Lipinski definition) is 4. The smallest absolute Gasteiger partial charge is 0.282 e. The highest BCUT2D eigenvalue weighted by atomic mass is 32.2. The normalized spacial score (nSPS) is 12.7. The molecule has 0 fully saturated rings. The highest BCUT2D eigenvalue weighted by Gasteiger charge is 2.25. The molecule has 1 atom stereocenters. The molecule has 0 radical (unpaired) electrons. The molecule has 0 aliphatic rings. The lowest BCUT2D eigenvalue weighted by molar-refractivity contribution is 0.467. The largest absolute Gasteiger partial charge is 0.296 e. The Labute approximate surface area is 89.0 Å². The summed E-state index contributed by atoms with van der Waals surface area (Å²) in [5.74, 6) is 0. The minimum Gasteiger partial charge on any atom is -0.282 e. The molecule has 0 saturated heterocycles. The number of hydrogen-bond donors (Lipinski definition) is 2. The van der Waals surface area contributed by atoms with Gasteiger partial charge in [-0.05, 0) is 11.4 Å². The maximum Gasteiger partial charge on any atom is 0.296 e. The average Bonchev–Trinajstić information content (AvgIpc) is 1.99. The van der Waals surface area contributed by atoms with E-state index in [0.29, 0.717) is 0 Å². The van der Waals surface area contributed by atoms with Crippen LogP contribution in [-0.2, 0) is 20.2 Å². The lowest BCUT2D eigenvalue weighted by Crippen LogP contribution is -2.15. The van der Waals surface area contributed by atoms with E-state index in [2.05, 4.69) is 0 Å². The van der Waals surface area contributed by atoms with E-state index in [-0.39, 0.29) is 5.30 Å². The van der Waals surface area contributed by atoms with Gasteiger partial charge in [-0.1, -0.05) is 12.1 Å². The number of rotatable bonds is 2. The molecule has 6 nitrogen and oxygen atoms in total. The van der Waals surface area contributed by atoms with Crippen molar-refractivity contribution in [3.8, 4) is 0 Å². The van der Waals surface area contributed by atoms with E-state index in [1.165, 1.54) is 12.1 Å². The van der Waals surface area contributed by atoms with Crippen molar-refractivity contribution in [1.82, 2.24) is 0 Å². The SMILES string of the molecule is O=S(=O)(O)c1cccc(P)c1S(=O)(=O)O. The van der Waals surface area contributed by atoms with Crippen LogP contribution in [0.4, 0.5) is 0 Å². The molecule has 9 heteroatoms. The Hall–Kier alpha value is -0.530. The Morgan fingerprint density at radius 3 is 1.87 bits per heavy atom. The molecule has 1 aromatic carbocycles. The fraction of sp³-hybridized carbons (Fsp3) is 0. The fourth-order valence-corrected chi connectivity index (χ4v) is 3.75. The minimum absolute atomic E-state index is 0.0485. The molecule has 0 heterocycles. The van der Waals surface area contributed by atoms with Crippen LogP contribution in [0.3, 0.4) is 0 Å². The van der Waals surface area contributed by atoms with E-state index in [0.717, 1.165) is 6.07 Å². The van der Waals surface area contributed by atoms with Gasteiger partial charge in [0.15, 0.2) is 0 Å². The van der Waals surface area contributed by atoms with Crippen LogP contribution in [0.15, 0.2) is 28.0 Å². The van der Waals surface area contributed by atoms with Crippen LogP contribution in [0, 0.1) is 0 Å². The first kappa shape index (κ1) is 12.5. The second-order valence-corrected chi connectivity index (χ2v) is 5.99. The molecule has 0 aliphatic heterocycles. The first-order valence-corrected chi connectivity index (χ1v) is 6.93. The van der Waals surface area contributed by atoms with Gasteiger partial charge in [-0.15, -0.1) is 9.24 Å². The van der Waals surface area contributed by atoms with Crippen LogP contribution in [0.2, 0.25) is 0 Å². The van der Waals surface area contributed by atoms with Crippen LogP contribution < -0.4 is 5.30 Å². The Kier molecular flexibility index (Phi) is 3.18. The van der Waals surface area contributed by atoms with Gasteiger partial charge >= 0.3 is 0 Å². The lowest BCUT2D eigenvalue weighted by Gasteiger charge is -2.06. The molecule has 2 N–H and O–H groups in total. The second kappa shape index (κ2) is 3.80. The van der Waals surface area contributed by atoms with Gasteiger partial charge in [0.2, 0.25) is 0 Å². The summed E-state index contributed by atoms with van der Waals surface area (Å²) in [5.41, 5.74) is 0. The molecule has 0 aromatic heterocycles. The van der Waals surface area contributed by atoms with Crippen molar-refractivity contribution < 1.29 is 25.9 Å². The van der Waals surface area contributed by atoms with Gasteiger partial charge < -0.3 is 0 Å². The van der Waals surface area contributed by atoms with E-state index in [9.17, 15) is 16.8 Å². The summed E-state index contributed by atoms with van der Waals surface area (Å²) in [4.78, 5) is -1.69. The first-order chi connectivity index (χ1) is 6.64. The molecular formula is C6H7O6PS2. The number of benzene rings is 1. The van der Waals surface area contributed by atoms with Crippen LogP contribution >= 0.6 is 9.24 Å². The summed E-state index contributed by atoms with van der Waals surface area (Å²) in [6.07, 6.45) is 0. The highest BCUT2D eigenvalue weighted by molar-refractivity contribution is 7.89. The van der Waals surface area contributed by atoms with E-state index >= 15 is 0 Å². The molecule has 15 heavy (non-hydrogen) atoms. The zero-order chi connectivity index (χ0) is 11.9. The molecule has 0 aliphatic carbocycles. The van der Waals surface area contributed by atoms with Gasteiger partial charge in [-0.3, -0.25) is 9.11 Å². The van der Waals surface area contributed by atoms with Gasteiger partial charge in [-0.2, -0.15) is 16.8 Å². The topological polar surface area (TPSA) is 109 Å².